The van der Waals surface area contributed by atoms with Crippen LogP contribution < -0.4 is 4.90 Å². The zero-order valence-corrected chi connectivity index (χ0v) is 19.9. The van der Waals surface area contributed by atoms with Crippen LogP contribution in [0.25, 0.3) is 0 Å². The van der Waals surface area contributed by atoms with Crippen LogP contribution in [0.5, 0.6) is 0 Å². The summed E-state index contributed by atoms with van der Waals surface area (Å²) in [4.78, 5) is 9.08. The molecule has 0 amide bonds. The van der Waals surface area contributed by atoms with Gasteiger partial charge in [0, 0.05) is 34.3 Å². The van der Waals surface area contributed by atoms with Crippen LogP contribution in [-0.2, 0) is 4.74 Å². The highest BCUT2D eigenvalue weighted by atomic mass is 35.5. The molecule has 4 rings (SSSR count). The van der Waals surface area contributed by atoms with Gasteiger partial charge in [-0.25, -0.2) is 0 Å². The fourth-order valence-electron chi connectivity index (χ4n) is 4.15. The molecule has 0 aliphatic carbocycles. The van der Waals surface area contributed by atoms with Gasteiger partial charge in [0.2, 0.25) is 0 Å². The van der Waals surface area contributed by atoms with E-state index < -0.39 is 0 Å². The summed E-state index contributed by atoms with van der Waals surface area (Å²) < 4.78 is 5.69. The number of thioether (sulfide) groups is 1. The van der Waals surface area contributed by atoms with Gasteiger partial charge in [-0.15, -0.1) is 24.2 Å². The standard InChI is InChI=1S/C23H30N2O2S2.ClH/c1-28-19-7-8-23-21(17-19)25(20-5-2-3-6-22(20)29-23)12-4-11-24-13-9-18(10-14-24)27-16-15-26;/h2-3,5-8,17-18,26H,4,9-16H2,1H3;1H. The second kappa shape index (κ2) is 11.7. The van der Waals surface area contributed by atoms with E-state index in [4.69, 9.17) is 9.84 Å². The van der Waals surface area contributed by atoms with Crippen molar-refractivity contribution in [2.75, 3.05) is 50.5 Å². The Morgan fingerprint density at radius 1 is 1.07 bits per heavy atom. The number of benzene rings is 2. The van der Waals surface area contributed by atoms with Gasteiger partial charge in [-0.05, 0) is 62.4 Å². The Morgan fingerprint density at radius 3 is 2.60 bits per heavy atom. The zero-order valence-electron chi connectivity index (χ0n) is 17.5. The second-order valence-electron chi connectivity index (χ2n) is 7.54. The Kier molecular flexibility index (Phi) is 9.23. The number of likely N-dealkylation sites (tertiary alicyclic amines) is 1. The van der Waals surface area contributed by atoms with Crippen molar-refractivity contribution in [3.05, 3.63) is 42.5 Å². The van der Waals surface area contributed by atoms with Gasteiger partial charge in [0.05, 0.1) is 30.7 Å². The topological polar surface area (TPSA) is 35.9 Å². The molecule has 2 aromatic carbocycles. The van der Waals surface area contributed by atoms with Crippen LogP contribution in [0.3, 0.4) is 0 Å². The van der Waals surface area contributed by atoms with Gasteiger partial charge in [-0.2, -0.15) is 0 Å². The lowest BCUT2D eigenvalue weighted by Crippen LogP contribution is -2.38. The van der Waals surface area contributed by atoms with E-state index >= 15 is 0 Å². The third-order valence-corrected chi connectivity index (χ3v) is 7.52. The Balaban J connectivity index is 0.00000256. The van der Waals surface area contributed by atoms with Crippen LogP contribution in [0.4, 0.5) is 11.4 Å². The number of hydrogen-bond acceptors (Lipinski definition) is 6. The van der Waals surface area contributed by atoms with E-state index in [1.165, 1.54) is 26.1 Å². The smallest absolute Gasteiger partial charge is 0.0701 e. The highest BCUT2D eigenvalue weighted by molar-refractivity contribution is 8.00. The number of aliphatic hydroxyl groups is 1. The molecule has 1 saturated heterocycles. The quantitative estimate of drug-likeness (QED) is 0.532. The Bertz CT molecular complexity index is 816. The summed E-state index contributed by atoms with van der Waals surface area (Å²) in [6.07, 6.45) is 5.75. The Hall–Kier alpha value is -0.890. The first kappa shape index (κ1) is 23.8. The summed E-state index contributed by atoms with van der Waals surface area (Å²) in [6.45, 7) is 4.93. The molecule has 4 nitrogen and oxygen atoms in total. The molecule has 1 N–H and O–H groups in total. The summed E-state index contributed by atoms with van der Waals surface area (Å²) in [5.41, 5.74) is 2.68. The minimum absolute atomic E-state index is 0. The molecule has 2 aliphatic rings. The molecule has 0 unspecified atom stereocenters. The van der Waals surface area contributed by atoms with E-state index in [1.807, 2.05) is 11.8 Å². The monoisotopic (exact) mass is 466 g/mol. The summed E-state index contributed by atoms with van der Waals surface area (Å²) in [7, 11) is 0. The number of aliphatic hydroxyl groups excluding tert-OH is 1. The van der Waals surface area contributed by atoms with Gasteiger partial charge in [0.15, 0.2) is 0 Å². The SMILES string of the molecule is CSc1ccc2c(c1)N(CCCN1CCC(OCCO)CC1)c1ccccc1S2.Cl. The zero-order chi connectivity index (χ0) is 20.1. The fourth-order valence-corrected chi connectivity index (χ4v) is 5.66. The van der Waals surface area contributed by atoms with Crippen molar-refractivity contribution in [1.82, 2.24) is 4.90 Å². The average molecular weight is 467 g/mol. The second-order valence-corrected chi connectivity index (χ2v) is 9.51. The molecule has 2 aromatic rings. The molecule has 1 fully saturated rings. The van der Waals surface area contributed by atoms with E-state index in [0.29, 0.717) is 12.7 Å². The van der Waals surface area contributed by atoms with E-state index in [-0.39, 0.29) is 19.0 Å². The number of rotatable bonds is 8. The van der Waals surface area contributed by atoms with E-state index in [1.54, 1.807) is 11.8 Å². The number of piperidine rings is 1. The van der Waals surface area contributed by atoms with Crippen LogP contribution in [0.1, 0.15) is 19.3 Å². The highest BCUT2D eigenvalue weighted by Gasteiger charge is 2.24. The molecule has 0 radical (unpaired) electrons. The third kappa shape index (κ3) is 5.67. The molecule has 2 aliphatic heterocycles. The average Bonchev–Trinajstić information content (AvgIpc) is 2.77. The lowest BCUT2D eigenvalue weighted by Gasteiger charge is -2.35. The largest absolute Gasteiger partial charge is 0.394 e. The lowest BCUT2D eigenvalue weighted by molar-refractivity contribution is -0.00770. The fraction of sp³-hybridized carbons (Fsp3) is 0.478. The molecule has 164 valence electrons. The van der Waals surface area contributed by atoms with Crippen molar-refractivity contribution in [3.63, 3.8) is 0 Å². The Morgan fingerprint density at radius 2 is 1.83 bits per heavy atom. The molecule has 0 aromatic heterocycles. The van der Waals surface area contributed by atoms with Crippen molar-refractivity contribution in [1.29, 1.82) is 0 Å². The minimum Gasteiger partial charge on any atom is -0.394 e. The number of anilines is 2. The normalized spacial score (nSPS) is 16.7. The molecule has 0 saturated carbocycles. The maximum Gasteiger partial charge on any atom is 0.0701 e. The number of hydrogen-bond donors (Lipinski definition) is 1. The summed E-state index contributed by atoms with van der Waals surface area (Å²) >= 11 is 3.69. The van der Waals surface area contributed by atoms with Crippen LogP contribution >= 0.6 is 35.9 Å². The van der Waals surface area contributed by atoms with Crippen LogP contribution in [0, 0.1) is 0 Å². The first-order valence-electron chi connectivity index (χ1n) is 10.5. The Labute approximate surface area is 194 Å². The number of para-hydroxylation sites is 1. The molecule has 0 bridgehead atoms. The van der Waals surface area contributed by atoms with Crippen molar-refractivity contribution in [3.8, 4) is 0 Å². The van der Waals surface area contributed by atoms with Gasteiger partial charge in [0.25, 0.3) is 0 Å². The van der Waals surface area contributed by atoms with Crippen molar-refractivity contribution in [2.24, 2.45) is 0 Å². The van der Waals surface area contributed by atoms with Crippen molar-refractivity contribution in [2.45, 2.75) is 40.1 Å². The molecular weight excluding hydrogens is 436 g/mol. The van der Waals surface area contributed by atoms with Gasteiger partial charge >= 0.3 is 0 Å². The maximum absolute atomic E-state index is 8.92. The summed E-state index contributed by atoms with van der Waals surface area (Å²) in [6, 6.07) is 15.6. The number of nitrogens with zero attached hydrogens (tertiary/aromatic N) is 2. The minimum atomic E-state index is 0. The van der Waals surface area contributed by atoms with Crippen LogP contribution in [0.15, 0.2) is 57.2 Å². The number of fused-ring (bicyclic) bond motifs is 2. The summed E-state index contributed by atoms with van der Waals surface area (Å²) in [5, 5.41) is 8.92. The number of halogens is 1. The molecule has 7 heteroatoms. The van der Waals surface area contributed by atoms with Gasteiger partial charge in [0.1, 0.15) is 0 Å². The molecular formula is C23H31ClN2O2S2. The molecule has 2 heterocycles. The first-order valence-corrected chi connectivity index (χ1v) is 12.5. The predicted octanol–water partition coefficient (Wildman–Crippen LogP) is 5.30. The van der Waals surface area contributed by atoms with Gasteiger partial charge in [-0.3, -0.25) is 0 Å². The maximum atomic E-state index is 8.92. The lowest BCUT2D eigenvalue weighted by atomic mass is 10.1. The molecule has 30 heavy (non-hydrogen) atoms. The van der Waals surface area contributed by atoms with Crippen LogP contribution in [0.2, 0.25) is 0 Å². The third-order valence-electron chi connectivity index (χ3n) is 5.67. The molecule has 0 spiro atoms. The first-order chi connectivity index (χ1) is 14.3. The number of ether oxygens (including phenoxy) is 1. The van der Waals surface area contributed by atoms with E-state index in [0.717, 1.165) is 45.4 Å². The van der Waals surface area contributed by atoms with Gasteiger partial charge < -0.3 is 19.6 Å². The van der Waals surface area contributed by atoms with E-state index in [2.05, 4.69) is 58.5 Å². The van der Waals surface area contributed by atoms with E-state index in [9.17, 15) is 0 Å². The van der Waals surface area contributed by atoms with Crippen LogP contribution in [-0.4, -0.2) is 61.8 Å². The summed E-state index contributed by atoms with van der Waals surface area (Å²) in [5.74, 6) is 0. The van der Waals surface area contributed by atoms with Crippen molar-refractivity contribution < 1.29 is 9.84 Å². The predicted molar refractivity (Wildman–Crippen MR) is 130 cm³/mol. The highest BCUT2D eigenvalue weighted by Crippen LogP contribution is 2.48. The molecule has 0 atom stereocenters. The van der Waals surface area contributed by atoms with Gasteiger partial charge in [-0.1, -0.05) is 23.9 Å². The van der Waals surface area contributed by atoms with Crippen molar-refractivity contribution >= 4 is 47.3 Å².